The molecule has 0 aliphatic heterocycles. The molecule has 0 saturated carbocycles. The Labute approximate surface area is 118 Å². The number of carbonyl (C=O) groups excluding carboxylic acids is 2. The molecule has 1 aromatic carbocycles. The molecular formula is C13H19ClN2O3. The lowest BCUT2D eigenvalue weighted by Crippen LogP contribution is -2.41. The Hall–Kier alpha value is -1.75. The summed E-state index contributed by atoms with van der Waals surface area (Å²) >= 11 is 0. The quantitative estimate of drug-likeness (QED) is 0.652. The van der Waals surface area contributed by atoms with E-state index in [1.165, 1.54) is 7.11 Å². The molecule has 1 aromatic rings. The predicted molar refractivity (Wildman–Crippen MR) is 76.4 cm³/mol. The third kappa shape index (κ3) is 4.44. The second-order valence-electron chi connectivity index (χ2n) is 4.03. The summed E-state index contributed by atoms with van der Waals surface area (Å²) < 4.78 is 4.62. The lowest BCUT2D eigenvalue weighted by atomic mass is 10.1. The molecular weight excluding hydrogens is 268 g/mol. The van der Waals surface area contributed by atoms with Crippen LogP contribution in [0.4, 0.5) is 5.69 Å². The van der Waals surface area contributed by atoms with Crippen molar-refractivity contribution >= 4 is 30.0 Å². The molecule has 6 heteroatoms. The van der Waals surface area contributed by atoms with E-state index in [1.807, 2.05) is 6.92 Å². The third-order valence-corrected chi connectivity index (χ3v) is 2.71. The lowest BCUT2D eigenvalue weighted by Gasteiger charge is -2.15. The SMILES string of the molecule is CCC(NC(=O)c1cc(N)ccc1C)C(=O)OC.Cl. The Bertz CT molecular complexity index is 463. The fourth-order valence-electron chi connectivity index (χ4n) is 1.59. The molecule has 1 amide bonds. The van der Waals surface area contributed by atoms with Gasteiger partial charge in [-0.2, -0.15) is 0 Å². The van der Waals surface area contributed by atoms with Gasteiger partial charge in [-0.25, -0.2) is 4.79 Å². The molecule has 0 aliphatic carbocycles. The molecule has 3 N–H and O–H groups in total. The van der Waals surface area contributed by atoms with Crippen molar-refractivity contribution in [1.29, 1.82) is 0 Å². The molecule has 0 aliphatic rings. The number of anilines is 1. The van der Waals surface area contributed by atoms with E-state index in [4.69, 9.17) is 5.73 Å². The van der Waals surface area contributed by atoms with Gasteiger partial charge < -0.3 is 15.8 Å². The van der Waals surface area contributed by atoms with Crippen LogP contribution in [-0.2, 0) is 9.53 Å². The molecule has 106 valence electrons. The van der Waals surface area contributed by atoms with Crippen molar-refractivity contribution in [2.45, 2.75) is 26.3 Å². The van der Waals surface area contributed by atoms with Gasteiger partial charge in [0.2, 0.25) is 0 Å². The van der Waals surface area contributed by atoms with Crippen molar-refractivity contribution in [3.05, 3.63) is 29.3 Å². The van der Waals surface area contributed by atoms with Gasteiger partial charge in [-0.3, -0.25) is 4.79 Å². The monoisotopic (exact) mass is 286 g/mol. The minimum atomic E-state index is -0.636. The molecule has 0 spiro atoms. The van der Waals surface area contributed by atoms with Gasteiger partial charge in [-0.1, -0.05) is 13.0 Å². The molecule has 0 aromatic heterocycles. The van der Waals surface area contributed by atoms with Crippen LogP contribution in [0.15, 0.2) is 18.2 Å². The number of esters is 1. The Balaban J connectivity index is 0.00000324. The summed E-state index contributed by atoms with van der Waals surface area (Å²) in [4.78, 5) is 23.4. The first-order valence-electron chi connectivity index (χ1n) is 5.74. The molecule has 0 bridgehead atoms. The summed E-state index contributed by atoms with van der Waals surface area (Å²) in [5, 5.41) is 2.63. The zero-order valence-electron chi connectivity index (χ0n) is 11.2. The Morgan fingerprint density at radius 1 is 1.42 bits per heavy atom. The molecule has 0 fully saturated rings. The highest BCUT2D eigenvalue weighted by Gasteiger charge is 2.20. The summed E-state index contributed by atoms with van der Waals surface area (Å²) in [6, 6.07) is 4.45. The van der Waals surface area contributed by atoms with Crippen LogP contribution >= 0.6 is 12.4 Å². The van der Waals surface area contributed by atoms with Crippen molar-refractivity contribution in [2.24, 2.45) is 0 Å². The van der Waals surface area contributed by atoms with E-state index in [0.717, 1.165) is 5.56 Å². The molecule has 5 nitrogen and oxygen atoms in total. The van der Waals surface area contributed by atoms with E-state index >= 15 is 0 Å². The molecule has 0 heterocycles. The number of amides is 1. The number of rotatable bonds is 4. The van der Waals surface area contributed by atoms with Gasteiger partial charge in [0.05, 0.1) is 7.11 Å². The first-order chi connectivity index (χ1) is 8.49. The summed E-state index contributed by atoms with van der Waals surface area (Å²) in [5.74, 6) is -0.774. The highest BCUT2D eigenvalue weighted by atomic mass is 35.5. The normalized spacial score (nSPS) is 11.1. The van der Waals surface area contributed by atoms with E-state index in [9.17, 15) is 9.59 Å². The van der Waals surface area contributed by atoms with Gasteiger partial charge in [-0.05, 0) is 31.0 Å². The van der Waals surface area contributed by atoms with Crippen LogP contribution in [0.3, 0.4) is 0 Å². The van der Waals surface area contributed by atoms with Crippen LogP contribution in [0.2, 0.25) is 0 Å². The maximum absolute atomic E-state index is 12.0. The van der Waals surface area contributed by atoms with Crippen molar-refractivity contribution in [1.82, 2.24) is 5.32 Å². The van der Waals surface area contributed by atoms with Crippen LogP contribution in [0.25, 0.3) is 0 Å². The number of methoxy groups -OCH3 is 1. The van der Waals surface area contributed by atoms with E-state index < -0.39 is 12.0 Å². The minimum absolute atomic E-state index is 0. The van der Waals surface area contributed by atoms with E-state index in [1.54, 1.807) is 25.1 Å². The smallest absolute Gasteiger partial charge is 0.328 e. The van der Waals surface area contributed by atoms with Crippen LogP contribution < -0.4 is 11.1 Å². The van der Waals surface area contributed by atoms with Crippen molar-refractivity contribution < 1.29 is 14.3 Å². The number of nitrogens with two attached hydrogens (primary N) is 1. The van der Waals surface area contributed by atoms with Gasteiger partial charge in [0.1, 0.15) is 6.04 Å². The van der Waals surface area contributed by atoms with E-state index in [-0.39, 0.29) is 18.3 Å². The molecule has 0 saturated heterocycles. The standard InChI is InChI=1S/C13H18N2O3.ClH/c1-4-11(13(17)18-3)15-12(16)10-7-9(14)6-5-8(10)2;/h5-7,11H,4,14H2,1-3H3,(H,15,16);1H. The zero-order chi connectivity index (χ0) is 13.7. The van der Waals surface area contributed by atoms with Gasteiger partial charge >= 0.3 is 5.97 Å². The largest absolute Gasteiger partial charge is 0.467 e. The van der Waals surface area contributed by atoms with Crippen LogP contribution in [0.1, 0.15) is 29.3 Å². The summed E-state index contributed by atoms with van der Waals surface area (Å²) in [6.45, 7) is 3.61. The van der Waals surface area contributed by atoms with Crippen molar-refractivity contribution in [2.75, 3.05) is 12.8 Å². The van der Waals surface area contributed by atoms with Crippen molar-refractivity contribution in [3.63, 3.8) is 0 Å². The number of nitrogen functional groups attached to an aromatic ring is 1. The fraction of sp³-hybridized carbons (Fsp3) is 0.385. The third-order valence-electron chi connectivity index (χ3n) is 2.71. The fourth-order valence-corrected chi connectivity index (χ4v) is 1.59. The van der Waals surface area contributed by atoms with E-state index in [2.05, 4.69) is 10.1 Å². The average Bonchev–Trinajstić information content (AvgIpc) is 2.37. The number of halogens is 1. The maximum atomic E-state index is 12.0. The topological polar surface area (TPSA) is 81.4 Å². The lowest BCUT2D eigenvalue weighted by molar-refractivity contribution is -0.142. The van der Waals surface area contributed by atoms with Crippen LogP contribution in [-0.4, -0.2) is 25.0 Å². The van der Waals surface area contributed by atoms with Crippen LogP contribution in [0, 0.1) is 6.92 Å². The molecule has 1 atom stereocenters. The Morgan fingerprint density at radius 3 is 2.58 bits per heavy atom. The first kappa shape index (κ1) is 17.2. The Kier molecular flexibility index (Phi) is 6.93. The molecule has 1 unspecified atom stereocenters. The average molecular weight is 287 g/mol. The zero-order valence-corrected chi connectivity index (χ0v) is 12.0. The maximum Gasteiger partial charge on any atom is 0.328 e. The van der Waals surface area contributed by atoms with Crippen LogP contribution in [0.5, 0.6) is 0 Å². The van der Waals surface area contributed by atoms with Gasteiger partial charge in [0.25, 0.3) is 5.91 Å². The molecule has 19 heavy (non-hydrogen) atoms. The summed E-state index contributed by atoms with van der Waals surface area (Å²) in [5.41, 5.74) is 7.43. The summed E-state index contributed by atoms with van der Waals surface area (Å²) in [6.07, 6.45) is 0.472. The Morgan fingerprint density at radius 2 is 2.05 bits per heavy atom. The van der Waals surface area contributed by atoms with Gasteiger partial charge in [0, 0.05) is 11.3 Å². The number of hydrogen-bond acceptors (Lipinski definition) is 4. The number of benzene rings is 1. The number of aryl methyl sites for hydroxylation is 1. The summed E-state index contributed by atoms with van der Waals surface area (Å²) in [7, 11) is 1.29. The first-order valence-corrected chi connectivity index (χ1v) is 5.74. The highest BCUT2D eigenvalue weighted by molar-refractivity contribution is 5.98. The number of ether oxygens (including phenoxy) is 1. The molecule has 1 rings (SSSR count). The number of carbonyl (C=O) groups is 2. The highest BCUT2D eigenvalue weighted by Crippen LogP contribution is 2.13. The second kappa shape index (κ2) is 7.63. The van der Waals surface area contributed by atoms with Crippen molar-refractivity contribution in [3.8, 4) is 0 Å². The number of hydrogen-bond donors (Lipinski definition) is 2. The van der Waals surface area contributed by atoms with Gasteiger partial charge in [0.15, 0.2) is 0 Å². The van der Waals surface area contributed by atoms with E-state index in [0.29, 0.717) is 17.7 Å². The number of nitrogens with one attached hydrogen (secondary N) is 1. The minimum Gasteiger partial charge on any atom is -0.467 e. The van der Waals surface area contributed by atoms with Gasteiger partial charge in [-0.15, -0.1) is 12.4 Å². The predicted octanol–water partition coefficient (Wildman–Crippen LogP) is 1.68. The second-order valence-corrected chi connectivity index (χ2v) is 4.03. The molecule has 0 radical (unpaired) electrons.